The molecular weight excluding hydrogens is 490 g/mol. The molecule has 1 aliphatic rings. The highest BCUT2D eigenvalue weighted by Crippen LogP contribution is 2.34. The quantitative estimate of drug-likeness (QED) is 0.129. The first-order chi connectivity index (χ1) is 17.6. The number of benzene rings is 3. The van der Waals surface area contributed by atoms with Gasteiger partial charge in [-0.05, 0) is 53.5 Å². The van der Waals surface area contributed by atoms with E-state index in [-0.39, 0.29) is 5.91 Å². The molecule has 36 heavy (non-hydrogen) atoms. The molecule has 0 N–H and O–H groups in total. The first-order valence-corrected chi connectivity index (χ1v) is 12.7. The molecule has 0 unspecified atom stereocenters. The van der Waals surface area contributed by atoms with Crippen LogP contribution in [0.25, 0.3) is 6.08 Å². The molecule has 0 aliphatic carbocycles. The number of carbonyl (C=O) groups is 1. The van der Waals surface area contributed by atoms with Crippen molar-refractivity contribution < 1.29 is 19.0 Å². The lowest BCUT2D eigenvalue weighted by molar-refractivity contribution is -0.122. The van der Waals surface area contributed by atoms with Gasteiger partial charge >= 0.3 is 0 Å². The minimum absolute atomic E-state index is 0.0701. The summed E-state index contributed by atoms with van der Waals surface area (Å²) in [6.45, 7) is 5.00. The van der Waals surface area contributed by atoms with Gasteiger partial charge in [-0.25, -0.2) is 0 Å². The molecule has 7 heteroatoms. The van der Waals surface area contributed by atoms with Gasteiger partial charge in [-0.1, -0.05) is 78.6 Å². The third kappa shape index (κ3) is 6.56. The lowest BCUT2D eigenvalue weighted by Crippen LogP contribution is -2.27. The molecule has 1 heterocycles. The van der Waals surface area contributed by atoms with Gasteiger partial charge in [0.15, 0.2) is 11.5 Å². The molecule has 0 atom stereocenters. The van der Waals surface area contributed by atoms with Gasteiger partial charge in [0.05, 0.1) is 18.6 Å². The number of amides is 1. The summed E-state index contributed by atoms with van der Waals surface area (Å²) >= 11 is 6.77. The summed E-state index contributed by atoms with van der Waals surface area (Å²) in [5, 5.41) is 0. The van der Waals surface area contributed by atoms with Gasteiger partial charge in [0.1, 0.15) is 23.3 Å². The molecule has 0 bridgehead atoms. The molecule has 184 valence electrons. The molecule has 1 saturated heterocycles. The van der Waals surface area contributed by atoms with Gasteiger partial charge in [-0.15, -0.1) is 6.58 Å². The number of ether oxygens (including phenoxy) is 3. The van der Waals surface area contributed by atoms with Crippen molar-refractivity contribution in [1.82, 2.24) is 4.90 Å². The Morgan fingerprint density at radius 3 is 2.42 bits per heavy atom. The van der Waals surface area contributed by atoms with E-state index in [0.29, 0.717) is 40.5 Å². The fourth-order valence-corrected chi connectivity index (χ4v) is 4.91. The molecule has 4 rings (SSSR count). The summed E-state index contributed by atoms with van der Waals surface area (Å²) in [6.07, 6.45) is 4.49. The maximum absolute atomic E-state index is 12.9. The van der Waals surface area contributed by atoms with Crippen LogP contribution in [0.5, 0.6) is 17.2 Å². The number of hydrogen-bond acceptors (Lipinski definition) is 6. The second-order valence-corrected chi connectivity index (χ2v) is 9.67. The highest BCUT2D eigenvalue weighted by atomic mass is 32.2. The Morgan fingerprint density at radius 1 is 0.944 bits per heavy atom. The number of thiocarbonyl (C=S) groups is 1. The van der Waals surface area contributed by atoms with Gasteiger partial charge in [0.2, 0.25) is 0 Å². The van der Waals surface area contributed by atoms with E-state index in [1.807, 2.05) is 84.9 Å². The highest BCUT2D eigenvalue weighted by Gasteiger charge is 2.31. The molecule has 0 radical (unpaired) electrons. The highest BCUT2D eigenvalue weighted by molar-refractivity contribution is 8.26. The summed E-state index contributed by atoms with van der Waals surface area (Å²) in [5.74, 6) is 2.02. The van der Waals surface area contributed by atoms with Gasteiger partial charge in [-0.3, -0.25) is 9.69 Å². The molecule has 0 aromatic heterocycles. The third-order valence-corrected chi connectivity index (χ3v) is 6.83. The van der Waals surface area contributed by atoms with E-state index in [1.165, 1.54) is 11.8 Å². The van der Waals surface area contributed by atoms with Crippen LogP contribution < -0.4 is 14.2 Å². The summed E-state index contributed by atoms with van der Waals surface area (Å²) < 4.78 is 17.6. The predicted octanol–water partition coefficient (Wildman–Crippen LogP) is 6.28. The maximum Gasteiger partial charge on any atom is 0.266 e. The van der Waals surface area contributed by atoms with Crippen LogP contribution in [0.1, 0.15) is 16.7 Å². The minimum Gasteiger partial charge on any atom is -0.493 e. The minimum atomic E-state index is -0.0701. The number of thioether (sulfide) groups is 1. The Kier molecular flexibility index (Phi) is 8.81. The fraction of sp³-hybridized carbons (Fsp3) is 0.172. The zero-order valence-electron chi connectivity index (χ0n) is 20.0. The van der Waals surface area contributed by atoms with Crippen molar-refractivity contribution in [3.63, 3.8) is 0 Å². The smallest absolute Gasteiger partial charge is 0.266 e. The van der Waals surface area contributed by atoms with Gasteiger partial charge < -0.3 is 14.2 Å². The van der Waals surface area contributed by atoms with Crippen molar-refractivity contribution >= 4 is 40.3 Å². The van der Waals surface area contributed by atoms with Gasteiger partial charge in [0.25, 0.3) is 5.91 Å². The predicted molar refractivity (Wildman–Crippen MR) is 149 cm³/mol. The van der Waals surface area contributed by atoms with Crippen molar-refractivity contribution in [1.29, 1.82) is 0 Å². The van der Waals surface area contributed by atoms with Crippen molar-refractivity contribution in [2.75, 3.05) is 20.3 Å². The Morgan fingerprint density at radius 2 is 1.69 bits per heavy atom. The van der Waals surface area contributed by atoms with E-state index in [4.69, 9.17) is 26.4 Å². The monoisotopic (exact) mass is 517 g/mol. The van der Waals surface area contributed by atoms with Crippen LogP contribution in [0, 0.1) is 0 Å². The second kappa shape index (κ2) is 12.4. The Balaban J connectivity index is 1.29. The third-order valence-electron chi connectivity index (χ3n) is 5.45. The molecule has 5 nitrogen and oxygen atoms in total. The van der Waals surface area contributed by atoms with Gasteiger partial charge in [0, 0.05) is 0 Å². The number of carbonyl (C=O) groups excluding carboxylic acids is 1. The molecular formula is C29H27NO4S2. The zero-order chi connectivity index (χ0) is 25.3. The van der Waals surface area contributed by atoms with Crippen LogP contribution in [0.3, 0.4) is 0 Å². The number of allylic oxidation sites excluding steroid dienone is 1. The number of nitrogens with zero attached hydrogens (tertiary/aromatic N) is 1. The largest absolute Gasteiger partial charge is 0.493 e. The summed E-state index contributed by atoms with van der Waals surface area (Å²) in [6, 6.07) is 23.3. The zero-order valence-corrected chi connectivity index (χ0v) is 21.6. The van der Waals surface area contributed by atoms with E-state index in [0.717, 1.165) is 28.9 Å². The SMILES string of the molecule is C=CCc1ccc(OCCOc2ccc(C=C3SC(=S)N(Cc4ccccc4)C3=O)cc2)c(OC)c1. The standard InChI is InChI=1S/C29H27NO4S2/c1-3-7-21-12-15-25(26(18-21)32-2)34-17-16-33-24-13-10-22(11-14-24)19-27-28(31)30(29(35)36-27)20-23-8-5-4-6-9-23/h3-6,8-15,18-19H,1,7,16-17,20H2,2H3. The molecule has 1 aliphatic heterocycles. The lowest BCUT2D eigenvalue weighted by Gasteiger charge is -2.14. The average Bonchev–Trinajstić information content (AvgIpc) is 3.16. The molecule has 3 aromatic rings. The second-order valence-electron chi connectivity index (χ2n) is 8.00. The van der Waals surface area contributed by atoms with Crippen molar-refractivity contribution in [3.8, 4) is 17.2 Å². The molecule has 3 aromatic carbocycles. The van der Waals surface area contributed by atoms with Crippen LogP contribution in [-0.2, 0) is 17.8 Å². The van der Waals surface area contributed by atoms with Crippen LogP contribution in [0.4, 0.5) is 0 Å². The van der Waals surface area contributed by atoms with Crippen LogP contribution >= 0.6 is 24.0 Å². The normalized spacial score (nSPS) is 14.2. The van der Waals surface area contributed by atoms with Gasteiger partial charge in [-0.2, -0.15) is 0 Å². The number of methoxy groups -OCH3 is 1. The number of rotatable bonds is 11. The van der Waals surface area contributed by atoms with Crippen LogP contribution in [0.2, 0.25) is 0 Å². The van der Waals surface area contributed by atoms with E-state index < -0.39 is 0 Å². The maximum atomic E-state index is 12.9. The van der Waals surface area contributed by atoms with Crippen molar-refractivity contribution in [2.45, 2.75) is 13.0 Å². The van der Waals surface area contributed by atoms with Crippen molar-refractivity contribution in [3.05, 3.63) is 107 Å². The van der Waals surface area contributed by atoms with E-state index in [1.54, 1.807) is 12.0 Å². The Hall–Kier alpha value is -3.55. The fourth-order valence-electron chi connectivity index (χ4n) is 3.65. The molecule has 0 saturated carbocycles. The first-order valence-electron chi connectivity index (χ1n) is 11.5. The Bertz CT molecular complexity index is 1260. The van der Waals surface area contributed by atoms with E-state index in [9.17, 15) is 4.79 Å². The van der Waals surface area contributed by atoms with E-state index in [2.05, 4.69) is 6.58 Å². The molecule has 1 amide bonds. The van der Waals surface area contributed by atoms with Crippen molar-refractivity contribution in [2.24, 2.45) is 0 Å². The lowest BCUT2D eigenvalue weighted by atomic mass is 10.1. The Labute approximate surface area is 221 Å². The summed E-state index contributed by atoms with van der Waals surface area (Å²) in [7, 11) is 1.62. The average molecular weight is 518 g/mol. The topological polar surface area (TPSA) is 48.0 Å². The molecule has 1 fully saturated rings. The summed E-state index contributed by atoms with van der Waals surface area (Å²) in [5.41, 5.74) is 3.07. The van der Waals surface area contributed by atoms with Crippen LogP contribution in [0.15, 0.2) is 90.4 Å². The van der Waals surface area contributed by atoms with E-state index >= 15 is 0 Å². The molecule has 0 spiro atoms. The number of hydrogen-bond donors (Lipinski definition) is 0. The first kappa shape index (κ1) is 25.5. The van der Waals surface area contributed by atoms with Crippen LogP contribution in [-0.4, -0.2) is 35.5 Å². The summed E-state index contributed by atoms with van der Waals surface area (Å²) in [4.78, 5) is 15.1.